The molecule has 0 amide bonds. The Hall–Kier alpha value is -2.22. The summed E-state index contributed by atoms with van der Waals surface area (Å²) in [6.45, 7) is 1.71. The number of fused-ring (bicyclic) bond motifs is 1. The fourth-order valence-corrected chi connectivity index (χ4v) is 2.46. The van der Waals surface area contributed by atoms with E-state index in [0.29, 0.717) is 11.5 Å². The van der Waals surface area contributed by atoms with Gasteiger partial charge in [0, 0.05) is 6.92 Å². The number of esters is 1. The van der Waals surface area contributed by atoms with Gasteiger partial charge < -0.3 is 14.8 Å². The van der Waals surface area contributed by atoms with Crippen LogP contribution in [0.4, 0.5) is 5.82 Å². The summed E-state index contributed by atoms with van der Waals surface area (Å²) in [5, 5.41) is 2.97. The Kier molecular flexibility index (Phi) is 3.70. The molecule has 0 bridgehead atoms. The first kappa shape index (κ1) is 13.7. The average molecular weight is 292 g/mol. The van der Waals surface area contributed by atoms with Gasteiger partial charge in [-0.25, -0.2) is 4.98 Å². The highest BCUT2D eigenvalue weighted by Gasteiger charge is 2.30. The number of Topliss-reactive ketones (excluding diaryl/α,β-unsaturated/α-hetero) is 1. The van der Waals surface area contributed by atoms with Crippen LogP contribution in [0.5, 0.6) is 0 Å². The number of anilines is 1. The lowest BCUT2D eigenvalue weighted by atomic mass is 10.2. The highest BCUT2D eigenvalue weighted by atomic mass is 16.6. The molecule has 0 aromatic carbocycles. The van der Waals surface area contributed by atoms with E-state index in [-0.39, 0.29) is 37.2 Å². The zero-order valence-electron chi connectivity index (χ0n) is 11.6. The molecule has 3 heterocycles. The van der Waals surface area contributed by atoms with Gasteiger partial charge in [0.15, 0.2) is 5.69 Å². The second-order valence-electron chi connectivity index (χ2n) is 4.98. The third kappa shape index (κ3) is 2.80. The predicted octanol–water partition coefficient (Wildman–Crippen LogP) is 0.760. The number of rotatable bonds is 3. The van der Waals surface area contributed by atoms with Gasteiger partial charge in [0.2, 0.25) is 5.78 Å². The van der Waals surface area contributed by atoms with Crippen LogP contribution in [0.1, 0.15) is 36.5 Å². The molecule has 0 unspecified atom stereocenters. The number of carbonyl (C=O) groups is 2. The van der Waals surface area contributed by atoms with Gasteiger partial charge in [-0.3, -0.25) is 19.1 Å². The fourth-order valence-electron chi connectivity index (χ4n) is 2.46. The van der Waals surface area contributed by atoms with Crippen molar-refractivity contribution in [2.24, 2.45) is 4.99 Å². The molecule has 1 aromatic heterocycles. The molecule has 2 aliphatic rings. The predicted molar refractivity (Wildman–Crippen MR) is 73.3 cm³/mol. The maximum Gasteiger partial charge on any atom is 0.302 e. The molecule has 0 aliphatic carbocycles. The molecule has 8 heteroatoms. The maximum absolute atomic E-state index is 11.8. The number of hydrogen-bond acceptors (Lipinski definition) is 7. The minimum absolute atomic E-state index is 0.0949. The van der Waals surface area contributed by atoms with Crippen molar-refractivity contribution < 1.29 is 19.1 Å². The Balaban J connectivity index is 1.73. The van der Waals surface area contributed by atoms with Crippen molar-refractivity contribution in [1.29, 1.82) is 0 Å². The number of hydrogen-bond donors (Lipinski definition) is 1. The van der Waals surface area contributed by atoms with Crippen molar-refractivity contribution in [2.75, 3.05) is 18.5 Å². The maximum atomic E-state index is 11.8. The number of aliphatic imine (C=N–C) groups is 1. The van der Waals surface area contributed by atoms with E-state index in [1.165, 1.54) is 13.3 Å². The molecule has 1 fully saturated rings. The van der Waals surface area contributed by atoms with E-state index < -0.39 is 0 Å². The molecule has 2 atom stereocenters. The van der Waals surface area contributed by atoms with Crippen molar-refractivity contribution in [3.63, 3.8) is 0 Å². The Morgan fingerprint density at radius 3 is 3.24 bits per heavy atom. The van der Waals surface area contributed by atoms with Crippen LogP contribution >= 0.6 is 0 Å². The highest BCUT2D eigenvalue weighted by molar-refractivity contribution is 6.04. The second-order valence-corrected chi connectivity index (χ2v) is 4.98. The first-order chi connectivity index (χ1) is 10.1. The van der Waals surface area contributed by atoms with Crippen LogP contribution < -0.4 is 5.32 Å². The third-order valence-electron chi connectivity index (χ3n) is 3.45. The van der Waals surface area contributed by atoms with Crippen LogP contribution in [-0.4, -0.2) is 46.9 Å². The Bertz CT molecular complexity index is 595. The van der Waals surface area contributed by atoms with Gasteiger partial charge in [-0.15, -0.1) is 0 Å². The quantitative estimate of drug-likeness (QED) is 0.826. The zero-order chi connectivity index (χ0) is 14.8. The summed E-state index contributed by atoms with van der Waals surface area (Å²) >= 11 is 0. The van der Waals surface area contributed by atoms with Crippen molar-refractivity contribution in [1.82, 2.24) is 9.55 Å². The van der Waals surface area contributed by atoms with E-state index >= 15 is 0 Å². The zero-order valence-corrected chi connectivity index (χ0v) is 11.6. The minimum Gasteiger partial charge on any atom is -0.463 e. The number of aromatic nitrogens is 2. The van der Waals surface area contributed by atoms with Crippen LogP contribution in [-0.2, 0) is 14.3 Å². The van der Waals surface area contributed by atoms with Crippen LogP contribution in [0.2, 0.25) is 0 Å². The van der Waals surface area contributed by atoms with E-state index in [0.717, 1.165) is 12.8 Å². The molecule has 3 rings (SSSR count). The van der Waals surface area contributed by atoms with Crippen molar-refractivity contribution in [3.05, 3.63) is 12.0 Å². The summed E-state index contributed by atoms with van der Waals surface area (Å²) in [5.41, 5.74) is 0.375. The molecular formula is C13H16N4O4. The van der Waals surface area contributed by atoms with Crippen molar-refractivity contribution in [2.45, 2.75) is 32.1 Å². The number of ketones is 1. The molecule has 0 spiro atoms. The van der Waals surface area contributed by atoms with E-state index in [9.17, 15) is 9.59 Å². The standard InChI is InChI=1S/C13H16N4O4/c1-8(18)20-5-9-2-3-11(21-9)17-7-16-12-10(19)4-14-6-15-13(12)17/h6-7,9,11H,2-5H2,1H3,(H,14,15)/t9-,11+/m0/s1. The summed E-state index contributed by atoms with van der Waals surface area (Å²) < 4.78 is 12.6. The summed E-state index contributed by atoms with van der Waals surface area (Å²) in [4.78, 5) is 30.7. The van der Waals surface area contributed by atoms with E-state index in [1.807, 2.05) is 0 Å². The van der Waals surface area contributed by atoms with E-state index in [1.54, 1.807) is 10.9 Å². The molecular weight excluding hydrogens is 276 g/mol. The van der Waals surface area contributed by atoms with Gasteiger partial charge in [0.05, 0.1) is 18.8 Å². The van der Waals surface area contributed by atoms with Gasteiger partial charge in [-0.05, 0) is 12.8 Å². The Labute approximate surface area is 121 Å². The monoisotopic (exact) mass is 292 g/mol. The van der Waals surface area contributed by atoms with Gasteiger partial charge in [0.25, 0.3) is 0 Å². The summed E-state index contributed by atoms with van der Waals surface area (Å²) in [7, 11) is 0. The largest absolute Gasteiger partial charge is 0.463 e. The van der Waals surface area contributed by atoms with Crippen LogP contribution in [0, 0.1) is 0 Å². The number of nitrogens with zero attached hydrogens (tertiary/aromatic N) is 3. The molecule has 8 nitrogen and oxygen atoms in total. The van der Waals surface area contributed by atoms with Gasteiger partial charge in [-0.1, -0.05) is 0 Å². The van der Waals surface area contributed by atoms with Crippen LogP contribution in [0.3, 0.4) is 0 Å². The van der Waals surface area contributed by atoms with Crippen LogP contribution in [0.25, 0.3) is 0 Å². The first-order valence-corrected chi connectivity index (χ1v) is 6.79. The van der Waals surface area contributed by atoms with Gasteiger partial charge in [0.1, 0.15) is 25.2 Å². The summed E-state index contributed by atoms with van der Waals surface area (Å²) in [6, 6.07) is 0. The summed E-state index contributed by atoms with van der Waals surface area (Å²) in [5.74, 6) is 0.154. The first-order valence-electron chi connectivity index (χ1n) is 6.79. The topological polar surface area (TPSA) is 94.8 Å². The average Bonchev–Trinajstić information content (AvgIpc) is 3.03. The van der Waals surface area contributed by atoms with Crippen molar-refractivity contribution >= 4 is 23.9 Å². The third-order valence-corrected chi connectivity index (χ3v) is 3.45. The fraction of sp³-hybridized carbons (Fsp3) is 0.538. The molecule has 0 saturated carbocycles. The lowest BCUT2D eigenvalue weighted by Gasteiger charge is -2.17. The van der Waals surface area contributed by atoms with E-state index in [4.69, 9.17) is 9.47 Å². The van der Waals surface area contributed by atoms with Gasteiger partial charge >= 0.3 is 5.97 Å². The second kappa shape index (κ2) is 5.65. The SMILES string of the molecule is CC(=O)OC[C@@H]1CC[C@H](n2cnc3c2NC=NCC3=O)O1. The molecule has 1 N–H and O–H groups in total. The number of nitrogens with one attached hydrogen (secondary N) is 1. The Morgan fingerprint density at radius 2 is 2.43 bits per heavy atom. The van der Waals surface area contributed by atoms with E-state index in [2.05, 4.69) is 15.3 Å². The smallest absolute Gasteiger partial charge is 0.302 e. The van der Waals surface area contributed by atoms with Crippen molar-refractivity contribution in [3.8, 4) is 0 Å². The lowest BCUT2D eigenvalue weighted by molar-refractivity contribution is -0.145. The molecule has 21 heavy (non-hydrogen) atoms. The summed E-state index contributed by atoms with van der Waals surface area (Å²) in [6.07, 6.45) is 4.27. The number of carbonyl (C=O) groups excluding carboxylic acids is 2. The number of imidazole rings is 1. The Morgan fingerprint density at radius 1 is 1.57 bits per heavy atom. The molecule has 0 radical (unpaired) electrons. The normalized spacial score (nSPS) is 24.3. The van der Waals surface area contributed by atoms with Crippen LogP contribution in [0.15, 0.2) is 11.3 Å². The number of ether oxygens (including phenoxy) is 2. The van der Waals surface area contributed by atoms with Gasteiger partial charge in [-0.2, -0.15) is 0 Å². The molecule has 1 saturated heterocycles. The molecule has 1 aromatic rings. The highest BCUT2D eigenvalue weighted by Crippen LogP contribution is 2.32. The lowest BCUT2D eigenvalue weighted by Crippen LogP contribution is -2.19. The molecule has 2 aliphatic heterocycles. The molecule has 112 valence electrons. The minimum atomic E-state index is -0.318.